The van der Waals surface area contributed by atoms with Gasteiger partial charge in [-0.05, 0) is 29.8 Å². The number of nitrogens with one attached hydrogen (secondary N) is 1. The third-order valence-corrected chi connectivity index (χ3v) is 4.91. The number of aromatic nitrogens is 2. The summed E-state index contributed by atoms with van der Waals surface area (Å²) in [5, 5.41) is 0. The standard InChI is InChI=1S/C23H24N4O5/c1-26(19(28)12-9-16-13-17(31-2)10-11-18(16)32-3)20-21(24)27(23(30)25-22(20)29)14-15-7-5-4-6-8-15/h4-13H,14,24H2,1-3H3,(H,25,29,30). The molecule has 1 heterocycles. The van der Waals surface area contributed by atoms with E-state index in [0.717, 1.165) is 10.5 Å². The fraction of sp³-hybridized carbons (Fsp3) is 0.174. The molecule has 0 fully saturated rings. The molecule has 0 spiro atoms. The molecule has 0 unspecified atom stereocenters. The molecule has 3 aromatic rings. The lowest BCUT2D eigenvalue weighted by Crippen LogP contribution is -2.39. The number of hydrogen-bond donors (Lipinski definition) is 2. The Morgan fingerprint density at radius 1 is 1.12 bits per heavy atom. The number of anilines is 2. The number of ether oxygens (including phenoxy) is 2. The van der Waals surface area contributed by atoms with Crippen molar-refractivity contribution in [3.05, 3.63) is 86.6 Å². The van der Waals surface area contributed by atoms with Gasteiger partial charge in [-0.3, -0.25) is 19.1 Å². The molecule has 9 nitrogen and oxygen atoms in total. The largest absolute Gasteiger partial charge is 0.497 e. The van der Waals surface area contributed by atoms with Crippen LogP contribution in [0.4, 0.5) is 11.5 Å². The molecule has 0 aliphatic rings. The fourth-order valence-corrected chi connectivity index (χ4v) is 3.18. The molecule has 0 aliphatic heterocycles. The van der Waals surface area contributed by atoms with Crippen molar-refractivity contribution < 1.29 is 14.3 Å². The Kier molecular flexibility index (Phi) is 6.79. The Labute approximate surface area is 184 Å². The molecule has 0 atom stereocenters. The lowest BCUT2D eigenvalue weighted by Gasteiger charge is -2.19. The van der Waals surface area contributed by atoms with Crippen molar-refractivity contribution in [3.8, 4) is 11.5 Å². The second kappa shape index (κ2) is 9.69. The van der Waals surface area contributed by atoms with Crippen LogP contribution in [0.15, 0.2) is 64.2 Å². The van der Waals surface area contributed by atoms with Crippen molar-refractivity contribution in [2.75, 3.05) is 31.9 Å². The van der Waals surface area contributed by atoms with E-state index in [1.807, 2.05) is 30.3 Å². The average Bonchev–Trinajstić information content (AvgIpc) is 2.80. The van der Waals surface area contributed by atoms with Crippen LogP contribution in [0.25, 0.3) is 6.08 Å². The molecular weight excluding hydrogens is 412 g/mol. The summed E-state index contributed by atoms with van der Waals surface area (Å²) in [6.45, 7) is 0.147. The molecule has 9 heteroatoms. The first-order valence-electron chi connectivity index (χ1n) is 9.70. The zero-order valence-electron chi connectivity index (χ0n) is 18.0. The van der Waals surface area contributed by atoms with Crippen molar-refractivity contribution in [3.63, 3.8) is 0 Å². The summed E-state index contributed by atoms with van der Waals surface area (Å²) >= 11 is 0. The smallest absolute Gasteiger partial charge is 0.330 e. The zero-order chi connectivity index (χ0) is 23.3. The first-order chi connectivity index (χ1) is 15.3. The third kappa shape index (κ3) is 4.72. The first kappa shape index (κ1) is 22.4. The van der Waals surface area contributed by atoms with Gasteiger partial charge in [-0.2, -0.15) is 0 Å². The molecule has 0 bridgehead atoms. The van der Waals surface area contributed by atoms with E-state index >= 15 is 0 Å². The normalized spacial score (nSPS) is 10.8. The highest BCUT2D eigenvalue weighted by molar-refractivity contribution is 6.04. The molecule has 0 aliphatic carbocycles. The molecule has 32 heavy (non-hydrogen) atoms. The highest BCUT2D eigenvalue weighted by Gasteiger charge is 2.20. The Hall–Kier alpha value is -4.27. The molecule has 166 valence electrons. The number of carbonyl (C=O) groups is 1. The maximum absolute atomic E-state index is 12.8. The van der Waals surface area contributed by atoms with E-state index in [9.17, 15) is 14.4 Å². The number of nitrogens with zero attached hydrogens (tertiary/aromatic N) is 2. The van der Waals surface area contributed by atoms with E-state index in [1.54, 1.807) is 24.3 Å². The topological polar surface area (TPSA) is 120 Å². The second-order valence-corrected chi connectivity index (χ2v) is 6.90. The molecule has 0 saturated carbocycles. The predicted molar refractivity (Wildman–Crippen MR) is 123 cm³/mol. The van der Waals surface area contributed by atoms with E-state index in [1.165, 1.54) is 31.9 Å². The van der Waals surface area contributed by atoms with E-state index in [0.29, 0.717) is 17.1 Å². The van der Waals surface area contributed by atoms with Crippen LogP contribution in [0.1, 0.15) is 11.1 Å². The van der Waals surface area contributed by atoms with Crippen molar-refractivity contribution >= 4 is 23.5 Å². The van der Waals surface area contributed by atoms with E-state index in [4.69, 9.17) is 15.2 Å². The van der Waals surface area contributed by atoms with Crippen LogP contribution in [-0.2, 0) is 11.3 Å². The summed E-state index contributed by atoms with van der Waals surface area (Å²) in [6.07, 6.45) is 2.83. The fourth-order valence-electron chi connectivity index (χ4n) is 3.18. The van der Waals surface area contributed by atoms with Gasteiger partial charge in [0.25, 0.3) is 11.5 Å². The number of nitrogen functional groups attached to an aromatic ring is 1. The van der Waals surface area contributed by atoms with Crippen molar-refractivity contribution in [1.29, 1.82) is 0 Å². The summed E-state index contributed by atoms with van der Waals surface area (Å²) in [4.78, 5) is 40.9. The third-order valence-electron chi connectivity index (χ3n) is 4.91. The van der Waals surface area contributed by atoms with Gasteiger partial charge in [-0.25, -0.2) is 4.79 Å². The van der Waals surface area contributed by atoms with Crippen molar-refractivity contribution in [2.45, 2.75) is 6.54 Å². The number of methoxy groups -OCH3 is 2. The monoisotopic (exact) mass is 436 g/mol. The quantitative estimate of drug-likeness (QED) is 0.546. The van der Waals surface area contributed by atoms with Gasteiger partial charge in [-0.1, -0.05) is 30.3 Å². The number of hydrogen-bond acceptors (Lipinski definition) is 6. The van der Waals surface area contributed by atoms with E-state index in [-0.39, 0.29) is 18.1 Å². The molecule has 3 rings (SSSR count). The Morgan fingerprint density at radius 2 is 1.84 bits per heavy atom. The Morgan fingerprint density at radius 3 is 2.50 bits per heavy atom. The van der Waals surface area contributed by atoms with Crippen LogP contribution < -0.4 is 31.4 Å². The number of amides is 1. The maximum atomic E-state index is 12.8. The van der Waals surface area contributed by atoms with Crippen molar-refractivity contribution in [2.24, 2.45) is 0 Å². The Balaban J connectivity index is 1.93. The summed E-state index contributed by atoms with van der Waals surface area (Å²) < 4.78 is 11.7. The molecule has 3 N–H and O–H groups in total. The SMILES string of the molecule is COc1ccc(OC)c(C=CC(=O)N(C)c2c(N)n(Cc3ccccc3)c(=O)[nH]c2=O)c1. The highest BCUT2D eigenvalue weighted by Crippen LogP contribution is 2.25. The van der Waals surface area contributed by atoms with E-state index in [2.05, 4.69) is 4.98 Å². The maximum Gasteiger partial charge on any atom is 0.330 e. The molecule has 0 radical (unpaired) electrons. The van der Waals surface area contributed by atoms with Gasteiger partial charge in [0.15, 0.2) is 5.69 Å². The summed E-state index contributed by atoms with van der Waals surface area (Å²) in [5.41, 5.74) is 6.06. The van der Waals surface area contributed by atoms with E-state index < -0.39 is 17.2 Å². The Bertz CT molecular complexity index is 1260. The number of benzene rings is 2. The van der Waals surface area contributed by atoms with Crippen LogP contribution in [0.2, 0.25) is 0 Å². The molecule has 2 aromatic carbocycles. The number of rotatable bonds is 7. The summed E-state index contributed by atoms with van der Waals surface area (Å²) in [5.74, 6) is 0.522. The minimum atomic E-state index is -0.750. The molecular formula is C23H24N4O5. The van der Waals surface area contributed by atoms with Crippen LogP contribution in [0.5, 0.6) is 11.5 Å². The van der Waals surface area contributed by atoms with Gasteiger partial charge in [-0.15, -0.1) is 0 Å². The summed E-state index contributed by atoms with van der Waals surface area (Å²) in [6, 6.07) is 14.3. The van der Waals surface area contributed by atoms with Crippen LogP contribution in [0.3, 0.4) is 0 Å². The lowest BCUT2D eigenvalue weighted by atomic mass is 10.1. The summed E-state index contributed by atoms with van der Waals surface area (Å²) in [7, 11) is 4.46. The van der Waals surface area contributed by atoms with Gasteiger partial charge in [0.1, 0.15) is 17.3 Å². The van der Waals surface area contributed by atoms with Gasteiger partial charge < -0.3 is 20.1 Å². The van der Waals surface area contributed by atoms with Crippen LogP contribution in [-0.4, -0.2) is 36.7 Å². The minimum Gasteiger partial charge on any atom is -0.497 e. The first-order valence-corrected chi connectivity index (χ1v) is 9.70. The number of likely N-dealkylation sites (N-methyl/N-ethyl adjacent to an activating group) is 1. The highest BCUT2D eigenvalue weighted by atomic mass is 16.5. The van der Waals surface area contributed by atoms with Crippen LogP contribution >= 0.6 is 0 Å². The average molecular weight is 436 g/mol. The minimum absolute atomic E-state index is 0.106. The predicted octanol–water partition coefficient (Wildman–Crippen LogP) is 1.86. The van der Waals surface area contributed by atoms with Gasteiger partial charge in [0.05, 0.1) is 20.8 Å². The van der Waals surface area contributed by atoms with Gasteiger partial charge >= 0.3 is 5.69 Å². The van der Waals surface area contributed by atoms with Gasteiger partial charge in [0.2, 0.25) is 0 Å². The van der Waals surface area contributed by atoms with Crippen molar-refractivity contribution in [1.82, 2.24) is 9.55 Å². The zero-order valence-corrected chi connectivity index (χ0v) is 18.0. The second-order valence-electron chi connectivity index (χ2n) is 6.90. The molecule has 0 saturated heterocycles. The molecule has 1 amide bonds. The van der Waals surface area contributed by atoms with Gasteiger partial charge in [0, 0.05) is 18.7 Å². The molecule has 1 aromatic heterocycles. The number of aromatic amines is 1. The lowest BCUT2D eigenvalue weighted by molar-refractivity contribution is -0.113. The number of carbonyl (C=O) groups excluding carboxylic acids is 1. The van der Waals surface area contributed by atoms with Crippen LogP contribution in [0, 0.1) is 0 Å². The number of H-pyrrole nitrogens is 1. The number of nitrogens with two attached hydrogens (primary N) is 1.